The molecule has 0 bridgehead atoms. The van der Waals surface area contributed by atoms with Gasteiger partial charge in [-0.15, -0.1) is 0 Å². The number of rotatable bonds is 5. The van der Waals surface area contributed by atoms with Crippen molar-refractivity contribution in [3.8, 4) is 0 Å². The summed E-state index contributed by atoms with van der Waals surface area (Å²) in [4.78, 5) is 11.6. The highest BCUT2D eigenvalue weighted by molar-refractivity contribution is 7.92. The first-order valence-corrected chi connectivity index (χ1v) is 8.97. The van der Waals surface area contributed by atoms with E-state index in [0.29, 0.717) is 5.69 Å². The molecule has 126 valence electrons. The molecule has 24 heavy (non-hydrogen) atoms. The van der Waals surface area contributed by atoms with Crippen molar-refractivity contribution < 1.29 is 17.6 Å². The smallest absolute Gasteiger partial charge is 0.264 e. The van der Waals surface area contributed by atoms with Crippen LogP contribution in [0.3, 0.4) is 0 Å². The second kappa shape index (κ2) is 5.90. The number of carbonyl (C=O) groups is 1. The topological polar surface area (TPSA) is 75.3 Å². The van der Waals surface area contributed by atoms with Gasteiger partial charge < -0.3 is 5.32 Å². The Morgan fingerprint density at radius 3 is 2.25 bits per heavy atom. The summed E-state index contributed by atoms with van der Waals surface area (Å²) in [5, 5.41) is 2.65. The third kappa shape index (κ3) is 2.87. The number of likely N-dealkylation sites (N-methyl/N-ethyl adjacent to an activating group) is 1. The molecule has 1 aliphatic rings. The summed E-state index contributed by atoms with van der Waals surface area (Å²) in [6.07, 6.45) is 1.54. The number of hydrogen-bond acceptors (Lipinski definition) is 3. The van der Waals surface area contributed by atoms with Crippen LogP contribution in [0.2, 0.25) is 0 Å². The largest absolute Gasteiger partial charge is 0.358 e. The van der Waals surface area contributed by atoms with E-state index < -0.39 is 26.2 Å². The molecular formula is C17H17FN2O3S. The van der Waals surface area contributed by atoms with E-state index >= 15 is 0 Å². The lowest BCUT2D eigenvalue weighted by atomic mass is 9.95. The first-order valence-electron chi connectivity index (χ1n) is 7.49. The minimum Gasteiger partial charge on any atom is -0.358 e. The SMILES string of the molecule is CNC(=O)C1(c2ccc(NS(=O)(=O)c3ccccc3F)cc2)CC1. The molecule has 3 rings (SSSR count). The minimum atomic E-state index is -4.00. The number of halogens is 1. The molecule has 2 N–H and O–H groups in total. The maximum Gasteiger partial charge on any atom is 0.264 e. The molecule has 0 unspecified atom stereocenters. The van der Waals surface area contributed by atoms with Crippen molar-refractivity contribution in [1.82, 2.24) is 5.32 Å². The number of sulfonamides is 1. The van der Waals surface area contributed by atoms with Crippen LogP contribution in [-0.2, 0) is 20.2 Å². The number of benzene rings is 2. The maximum absolute atomic E-state index is 13.7. The molecule has 0 heterocycles. The van der Waals surface area contributed by atoms with Gasteiger partial charge in [-0.1, -0.05) is 24.3 Å². The number of carbonyl (C=O) groups excluding carboxylic acids is 1. The van der Waals surface area contributed by atoms with Crippen LogP contribution in [0.4, 0.5) is 10.1 Å². The molecule has 5 nitrogen and oxygen atoms in total. The summed E-state index contributed by atoms with van der Waals surface area (Å²) in [6.45, 7) is 0. The predicted octanol–water partition coefficient (Wildman–Crippen LogP) is 2.40. The first-order chi connectivity index (χ1) is 11.4. The average Bonchev–Trinajstić information content (AvgIpc) is 3.36. The summed E-state index contributed by atoms with van der Waals surface area (Å²) in [5.41, 5.74) is 0.655. The molecule has 1 saturated carbocycles. The summed E-state index contributed by atoms with van der Waals surface area (Å²) in [7, 11) is -2.41. The highest BCUT2D eigenvalue weighted by Crippen LogP contribution is 2.48. The van der Waals surface area contributed by atoms with E-state index in [1.54, 1.807) is 31.3 Å². The van der Waals surface area contributed by atoms with Gasteiger partial charge in [-0.25, -0.2) is 12.8 Å². The third-order valence-electron chi connectivity index (χ3n) is 4.23. The lowest BCUT2D eigenvalue weighted by Crippen LogP contribution is -2.31. The molecule has 0 spiro atoms. The van der Waals surface area contributed by atoms with Crippen molar-refractivity contribution in [2.45, 2.75) is 23.2 Å². The predicted molar refractivity (Wildman–Crippen MR) is 88.6 cm³/mol. The summed E-state index contributed by atoms with van der Waals surface area (Å²) >= 11 is 0. The van der Waals surface area contributed by atoms with Crippen molar-refractivity contribution in [2.75, 3.05) is 11.8 Å². The molecule has 0 atom stereocenters. The van der Waals surface area contributed by atoms with E-state index in [2.05, 4.69) is 10.0 Å². The molecule has 1 aliphatic carbocycles. The molecule has 7 heteroatoms. The van der Waals surface area contributed by atoms with E-state index in [1.807, 2.05) is 0 Å². The van der Waals surface area contributed by atoms with Gasteiger partial charge in [-0.2, -0.15) is 0 Å². The zero-order valence-corrected chi connectivity index (χ0v) is 13.9. The lowest BCUT2D eigenvalue weighted by molar-refractivity contribution is -0.123. The Bertz CT molecular complexity index is 875. The fraction of sp³-hybridized carbons (Fsp3) is 0.235. The van der Waals surface area contributed by atoms with E-state index in [4.69, 9.17) is 0 Å². The number of hydrogen-bond donors (Lipinski definition) is 2. The lowest BCUT2D eigenvalue weighted by Gasteiger charge is -2.15. The third-order valence-corrected chi connectivity index (χ3v) is 5.64. The molecule has 0 radical (unpaired) electrons. The van der Waals surface area contributed by atoms with E-state index in [9.17, 15) is 17.6 Å². The van der Waals surface area contributed by atoms with Crippen LogP contribution in [-0.4, -0.2) is 21.4 Å². The van der Waals surface area contributed by atoms with Crippen molar-refractivity contribution in [2.24, 2.45) is 0 Å². The van der Waals surface area contributed by atoms with Crippen molar-refractivity contribution >= 4 is 21.6 Å². The number of amides is 1. The molecular weight excluding hydrogens is 331 g/mol. The highest BCUT2D eigenvalue weighted by atomic mass is 32.2. The van der Waals surface area contributed by atoms with Crippen molar-refractivity contribution in [1.29, 1.82) is 0 Å². The molecule has 0 saturated heterocycles. The van der Waals surface area contributed by atoms with Crippen molar-refractivity contribution in [3.63, 3.8) is 0 Å². The number of nitrogens with one attached hydrogen (secondary N) is 2. The van der Waals surface area contributed by atoms with Gasteiger partial charge in [0.1, 0.15) is 10.7 Å². The Balaban J connectivity index is 1.83. The van der Waals surface area contributed by atoms with Gasteiger partial charge in [0.05, 0.1) is 5.41 Å². The Morgan fingerprint density at radius 2 is 1.71 bits per heavy atom. The molecule has 1 amide bonds. The summed E-state index contributed by atoms with van der Waals surface area (Å²) < 4.78 is 40.5. The molecule has 1 fully saturated rings. The Morgan fingerprint density at radius 1 is 1.08 bits per heavy atom. The van der Waals surface area contributed by atoms with E-state index in [1.165, 1.54) is 18.2 Å². The monoisotopic (exact) mass is 348 g/mol. The van der Waals surface area contributed by atoms with Gasteiger partial charge in [-0.3, -0.25) is 9.52 Å². The zero-order chi connectivity index (χ0) is 17.4. The number of anilines is 1. The molecule has 0 aromatic heterocycles. The van der Waals surface area contributed by atoms with Gasteiger partial charge in [0.2, 0.25) is 5.91 Å². The quantitative estimate of drug-likeness (QED) is 0.871. The van der Waals surface area contributed by atoms with Gasteiger partial charge >= 0.3 is 0 Å². The van der Waals surface area contributed by atoms with Gasteiger partial charge in [0, 0.05) is 12.7 Å². The van der Waals surface area contributed by atoms with Gasteiger partial charge in [-0.05, 0) is 42.7 Å². The molecule has 2 aromatic rings. The first kappa shape index (κ1) is 16.4. The van der Waals surface area contributed by atoms with E-state index in [0.717, 1.165) is 24.5 Å². The van der Waals surface area contributed by atoms with Crippen LogP contribution in [0.25, 0.3) is 0 Å². The fourth-order valence-electron chi connectivity index (χ4n) is 2.74. The Hall–Kier alpha value is -2.41. The molecule has 2 aromatic carbocycles. The van der Waals surface area contributed by atoms with Crippen LogP contribution in [0.5, 0.6) is 0 Å². The van der Waals surface area contributed by atoms with Crippen molar-refractivity contribution in [3.05, 3.63) is 59.9 Å². The summed E-state index contributed by atoms with van der Waals surface area (Å²) in [5.74, 6) is -0.847. The van der Waals surface area contributed by atoms with E-state index in [-0.39, 0.29) is 5.91 Å². The van der Waals surface area contributed by atoms with Crippen LogP contribution >= 0.6 is 0 Å². The van der Waals surface area contributed by atoms with Crippen LogP contribution in [0, 0.1) is 5.82 Å². The standard InChI is InChI=1S/C17H17FN2O3S/c1-19-16(21)17(10-11-17)12-6-8-13(9-7-12)20-24(22,23)15-5-3-2-4-14(15)18/h2-9,20H,10-11H2,1H3,(H,19,21). The van der Waals surface area contributed by atoms with Gasteiger partial charge in [0.25, 0.3) is 10.0 Å². The second-order valence-electron chi connectivity index (χ2n) is 5.77. The molecule has 0 aliphatic heterocycles. The maximum atomic E-state index is 13.7. The van der Waals surface area contributed by atoms with Crippen LogP contribution < -0.4 is 10.0 Å². The van der Waals surface area contributed by atoms with Gasteiger partial charge in [0.15, 0.2) is 0 Å². The van der Waals surface area contributed by atoms with Crippen LogP contribution in [0.1, 0.15) is 18.4 Å². The minimum absolute atomic E-state index is 0.0396. The zero-order valence-electron chi connectivity index (χ0n) is 13.0. The Kier molecular flexibility index (Phi) is 4.04. The second-order valence-corrected chi connectivity index (χ2v) is 7.43. The Labute approximate surface area is 139 Å². The average molecular weight is 348 g/mol. The normalized spacial score (nSPS) is 15.6. The summed E-state index contributed by atoms with van der Waals surface area (Å²) in [6, 6.07) is 11.8. The van der Waals surface area contributed by atoms with Crippen LogP contribution in [0.15, 0.2) is 53.4 Å². The highest BCUT2D eigenvalue weighted by Gasteiger charge is 2.50. The fourth-order valence-corrected chi connectivity index (χ4v) is 3.88.